The molecule has 0 bridgehead atoms. The summed E-state index contributed by atoms with van der Waals surface area (Å²) in [7, 11) is -1.74. The molecule has 14 nitrogen and oxygen atoms in total. The van der Waals surface area contributed by atoms with Crippen molar-refractivity contribution in [2.45, 2.75) is 50.3 Å². The van der Waals surface area contributed by atoms with Crippen LogP contribution < -0.4 is 20.7 Å². The third kappa shape index (κ3) is 8.17. The van der Waals surface area contributed by atoms with Crippen molar-refractivity contribution < 1.29 is 42.5 Å². The van der Waals surface area contributed by atoms with Crippen LogP contribution in [0.25, 0.3) is 0 Å². The van der Waals surface area contributed by atoms with Gasteiger partial charge < -0.3 is 28.4 Å². The molecule has 7 rings (SSSR count). The van der Waals surface area contributed by atoms with Gasteiger partial charge in [0, 0.05) is 29.8 Å². The second kappa shape index (κ2) is 17.7. The Morgan fingerprint density at radius 1 is 0.852 bits per heavy atom. The lowest BCUT2D eigenvalue weighted by atomic mass is 9.79. The quantitative estimate of drug-likeness (QED) is 0.0363. The average Bonchev–Trinajstić information content (AvgIpc) is 3.76. The minimum atomic E-state index is -4.77. The Hall–Kier alpha value is -4.47. The van der Waals surface area contributed by atoms with Gasteiger partial charge in [0.05, 0.1) is 64.3 Å². The number of imide groups is 1. The van der Waals surface area contributed by atoms with Gasteiger partial charge in [-0.25, -0.2) is 4.79 Å². The summed E-state index contributed by atoms with van der Waals surface area (Å²) in [5, 5.41) is -1.04. The number of nitrogens with one attached hydrogen (secondary N) is 1. The van der Waals surface area contributed by atoms with Crippen molar-refractivity contribution in [2.75, 3.05) is 27.0 Å². The fourth-order valence-corrected chi connectivity index (χ4v) is 10.4. The zero-order valence-electron chi connectivity index (χ0n) is 32.9. The Balaban J connectivity index is 1.26. The van der Waals surface area contributed by atoms with Gasteiger partial charge in [-0.2, -0.15) is 0 Å². The number of aromatic nitrogens is 2. The summed E-state index contributed by atoms with van der Waals surface area (Å²) >= 11 is 25.0. The van der Waals surface area contributed by atoms with E-state index in [1.165, 1.54) is 34.3 Å². The van der Waals surface area contributed by atoms with Gasteiger partial charge in [-0.05, 0) is 31.0 Å². The van der Waals surface area contributed by atoms with Crippen LogP contribution in [-0.4, -0.2) is 76.4 Å². The molecule has 2 N–H and O–H groups in total. The predicted molar refractivity (Wildman–Crippen MR) is 229 cm³/mol. The van der Waals surface area contributed by atoms with Crippen LogP contribution >= 0.6 is 54.0 Å². The molecule has 4 aromatic carbocycles. The molecule has 2 unspecified atom stereocenters. The fraction of sp³-hybridized carbons (Fsp3) is 0.286. The Bertz CT molecular complexity index is 2590. The second-order valence-corrected chi connectivity index (χ2v) is 17.8. The van der Waals surface area contributed by atoms with Gasteiger partial charge in [0.25, 0.3) is 17.4 Å². The highest BCUT2D eigenvalue weighted by Gasteiger charge is 2.49. The molecular formula is C42H38Cl4N3O11P. The molecular weight excluding hydrogens is 895 g/mol. The maximum atomic E-state index is 14.2. The first-order chi connectivity index (χ1) is 29.0. The molecule has 0 saturated carbocycles. The number of para-hydroxylation sites is 1. The second-order valence-electron chi connectivity index (χ2n) is 14.4. The van der Waals surface area contributed by atoms with Crippen molar-refractivity contribution in [1.29, 1.82) is 0 Å². The summed E-state index contributed by atoms with van der Waals surface area (Å²) in [5.41, 5.74) is -1.26. The molecule has 3 heterocycles. The lowest BCUT2D eigenvalue weighted by molar-refractivity contribution is -0.0927. The average molecular weight is 934 g/mol. The topological polar surface area (TPSA) is 176 Å². The Kier molecular flexibility index (Phi) is 13.0. The van der Waals surface area contributed by atoms with Crippen molar-refractivity contribution >= 4 is 65.8 Å². The first kappa shape index (κ1) is 44.6. The summed E-state index contributed by atoms with van der Waals surface area (Å²) < 4.78 is 46.5. The van der Waals surface area contributed by atoms with Crippen LogP contribution in [0.3, 0.4) is 0 Å². The third-order valence-electron chi connectivity index (χ3n) is 10.6. The number of carbonyl (C=O) groups is 2. The number of fused-ring (bicyclic) bond motifs is 1. The highest BCUT2D eigenvalue weighted by Crippen LogP contribution is 2.52. The Morgan fingerprint density at radius 2 is 1.43 bits per heavy atom. The monoisotopic (exact) mass is 931 g/mol. The number of methoxy groups -OCH3 is 2. The van der Waals surface area contributed by atoms with Crippen LogP contribution in [0.4, 0.5) is 0 Å². The minimum Gasteiger partial charge on any atom is -0.493 e. The lowest BCUT2D eigenvalue weighted by Crippen LogP contribution is -2.41. The number of ether oxygens (including phenoxy) is 4. The van der Waals surface area contributed by atoms with E-state index in [0.717, 1.165) is 9.47 Å². The molecule has 2 aliphatic heterocycles. The van der Waals surface area contributed by atoms with Gasteiger partial charge in [0.15, 0.2) is 11.5 Å². The smallest absolute Gasteiger partial charge is 0.330 e. The molecule has 0 aliphatic carbocycles. The molecule has 5 atom stereocenters. The van der Waals surface area contributed by atoms with Gasteiger partial charge in [0.2, 0.25) is 0 Å². The Labute approximate surface area is 369 Å². The van der Waals surface area contributed by atoms with Gasteiger partial charge in [-0.1, -0.05) is 119 Å². The van der Waals surface area contributed by atoms with Gasteiger partial charge >= 0.3 is 13.3 Å². The van der Waals surface area contributed by atoms with E-state index in [4.69, 9.17) is 69.9 Å². The molecule has 5 aromatic rings. The molecule has 1 saturated heterocycles. The normalized spacial score (nSPS) is 19.2. The van der Waals surface area contributed by atoms with Crippen molar-refractivity contribution in [3.05, 3.63) is 159 Å². The molecule has 0 radical (unpaired) electrons. The number of rotatable bonds is 14. The van der Waals surface area contributed by atoms with Crippen molar-refractivity contribution in [3.63, 3.8) is 0 Å². The summed E-state index contributed by atoms with van der Waals surface area (Å²) in [5.74, 6) is -0.991. The molecule has 61 heavy (non-hydrogen) atoms. The number of amides is 2. The number of aromatic amines is 1. The number of H-pyrrole nitrogens is 1. The highest BCUT2D eigenvalue weighted by atomic mass is 35.5. The maximum absolute atomic E-state index is 14.2. The summed E-state index contributed by atoms with van der Waals surface area (Å²) in [6.07, 6.45) is -3.08. The largest absolute Gasteiger partial charge is 0.493 e. The summed E-state index contributed by atoms with van der Waals surface area (Å²) in [4.78, 5) is 67.2. The van der Waals surface area contributed by atoms with E-state index in [1.54, 1.807) is 12.1 Å². The van der Waals surface area contributed by atoms with Crippen LogP contribution in [0.5, 0.6) is 11.5 Å². The third-order valence-corrected chi connectivity index (χ3v) is 14.0. The maximum Gasteiger partial charge on any atom is 0.330 e. The van der Waals surface area contributed by atoms with E-state index in [-0.39, 0.29) is 49.8 Å². The summed E-state index contributed by atoms with van der Waals surface area (Å²) in [6, 6.07) is 22.8. The van der Waals surface area contributed by atoms with Crippen molar-refractivity contribution in [3.8, 4) is 11.5 Å². The van der Waals surface area contributed by atoms with Crippen molar-refractivity contribution in [2.24, 2.45) is 0 Å². The number of hydrogen-bond acceptors (Lipinski definition) is 10. The number of aryl methyl sites for hydroxylation is 1. The lowest BCUT2D eigenvalue weighted by Gasteiger charge is -2.38. The molecule has 0 spiro atoms. The first-order valence-electron chi connectivity index (χ1n) is 18.7. The van der Waals surface area contributed by atoms with Gasteiger partial charge in [0.1, 0.15) is 17.9 Å². The van der Waals surface area contributed by atoms with E-state index in [0.29, 0.717) is 28.2 Å². The summed E-state index contributed by atoms with van der Waals surface area (Å²) in [6.45, 7) is 2.58. The number of halogens is 4. The number of nitrogens with zero attached hydrogens (tertiary/aromatic N) is 2. The number of hydrogen-bond donors (Lipinski definition) is 2. The minimum absolute atomic E-state index is 0.167. The van der Waals surface area contributed by atoms with Crippen LogP contribution in [0.15, 0.2) is 94.6 Å². The van der Waals surface area contributed by atoms with Crippen molar-refractivity contribution in [1.82, 2.24) is 14.5 Å². The molecule has 2 amide bonds. The molecule has 1 fully saturated rings. The predicted octanol–water partition coefficient (Wildman–Crippen LogP) is 8.03. The van der Waals surface area contributed by atoms with Gasteiger partial charge in [-0.15, -0.1) is 0 Å². The zero-order chi connectivity index (χ0) is 44.0. The van der Waals surface area contributed by atoms with E-state index in [2.05, 4.69) is 4.98 Å². The standard InChI is InChI=1S/C42H38Cl4N3O11P/c1-22-19-48(41(53)47-38(22)50)30-18-28(60-61(54,55)21-23(2)49-39(51)31-32(40(49)52)34(44)36(46)35(45)33(31)43)29(59-30)20-58-42(24-12-7-5-8-13-24,25-14-9-6-10-15-25)26-16-11-17-27(56-3)37(26)57-4/h5-17,19,23,28-30H,18,20-21H2,1-4H3,(H,54,55)(H,47,50,53)/t23?,28-,29+,30+/m0/s1. The van der Waals surface area contributed by atoms with E-state index >= 15 is 0 Å². The van der Waals surface area contributed by atoms with Crippen LogP contribution in [0.1, 0.15) is 62.5 Å². The van der Waals surface area contributed by atoms with Crippen LogP contribution in [-0.2, 0) is 24.2 Å². The zero-order valence-corrected chi connectivity index (χ0v) is 36.8. The fourth-order valence-electron chi connectivity index (χ4n) is 7.81. The van der Waals surface area contributed by atoms with E-state index < -0.39 is 66.9 Å². The molecule has 320 valence electrons. The molecule has 1 aromatic heterocycles. The highest BCUT2D eigenvalue weighted by molar-refractivity contribution is 7.52. The van der Waals surface area contributed by atoms with Gasteiger partial charge in [-0.3, -0.25) is 33.4 Å². The number of benzene rings is 4. The van der Waals surface area contributed by atoms with E-state index in [1.807, 2.05) is 66.7 Å². The van der Waals surface area contributed by atoms with Crippen LogP contribution in [0.2, 0.25) is 20.1 Å². The molecule has 2 aliphatic rings. The SMILES string of the molecule is COc1cccc(C(OC[C@H]2O[C@@H](n3cc(C)c(=O)[nH]c3=O)C[C@@H]2OP(=O)(O)CC(C)N2C(=O)c3c(Cl)c(Cl)c(Cl)c(Cl)c3C2=O)(c2ccccc2)c2ccccc2)c1OC. The van der Waals surface area contributed by atoms with E-state index in [9.17, 15) is 28.6 Å². The van der Waals surface area contributed by atoms with Crippen LogP contribution in [0, 0.1) is 6.92 Å². The first-order valence-corrected chi connectivity index (χ1v) is 22.0. The molecule has 19 heteroatoms. The Morgan fingerprint density at radius 3 is 1.97 bits per heavy atom. The number of carbonyl (C=O) groups excluding carboxylic acids is 2.